The molecule has 1 aliphatic rings. The van der Waals surface area contributed by atoms with E-state index in [1.54, 1.807) is 28.6 Å². The Bertz CT molecular complexity index is 1120. The first-order valence-corrected chi connectivity index (χ1v) is 11.5. The number of nitrogens with zero attached hydrogens (tertiary/aromatic N) is 3. The highest BCUT2D eigenvalue weighted by molar-refractivity contribution is 7.11. The van der Waals surface area contributed by atoms with Crippen molar-refractivity contribution in [1.29, 1.82) is 0 Å². The molecule has 0 saturated carbocycles. The maximum absolute atomic E-state index is 13.5. The van der Waals surface area contributed by atoms with Gasteiger partial charge in [0.05, 0.1) is 0 Å². The van der Waals surface area contributed by atoms with E-state index in [4.69, 9.17) is 0 Å². The fraction of sp³-hybridized carbons (Fsp3) is 0.333. The van der Waals surface area contributed by atoms with Crippen LogP contribution in [0.3, 0.4) is 0 Å². The highest BCUT2D eigenvalue weighted by atomic mass is 32.1. The molecule has 4 rings (SSSR count). The lowest BCUT2D eigenvalue weighted by molar-refractivity contribution is -0.127. The number of likely N-dealkylation sites (tertiary alicyclic amines) is 1. The van der Waals surface area contributed by atoms with Crippen molar-refractivity contribution >= 4 is 29.0 Å². The van der Waals surface area contributed by atoms with Gasteiger partial charge in [0.15, 0.2) is 5.01 Å². The Morgan fingerprint density at radius 2 is 1.76 bits per heavy atom. The summed E-state index contributed by atoms with van der Waals surface area (Å²) in [6, 6.07) is 6.54. The summed E-state index contributed by atoms with van der Waals surface area (Å²) in [7, 11) is 0. The van der Waals surface area contributed by atoms with Gasteiger partial charge in [0, 0.05) is 47.9 Å². The van der Waals surface area contributed by atoms with Gasteiger partial charge in [0.1, 0.15) is 17.5 Å². The molecule has 172 valence electrons. The number of hydrogen-bond acceptors (Lipinski definition) is 5. The topological polar surface area (TPSA) is 75.2 Å². The van der Waals surface area contributed by atoms with Crippen LogP contribution in [0.2, 0.25) is 0 Å². The summed E-state index contributed by atoms with van der Waals surface area (Å²) in [5.74, 6) is -1.08. The molecule has 0 unspecified atom stereocenters. The summed E-state index contributed by atoms with van der Waals surface area (Å²) < 4.78 is 26.9. The number of anilines is 1. The first-order valence-electron chi connectivity index (χ1n) is 10.7. The zero-order chi connectivity index (χ0) is 23.6. The van der Waals surface area contributed by atoms with Crippen LogP contribution in [-0.4, -0.2) is 39.8 Å². The second kappa shape index (κ2) is 9.35. The first-order chi connectivity index (χ1) is 15.7. The Morgan fingerprint density at radius 3 is 2.33 bits per heavy atom. The molecule has 0 aliphatic carbocycles. The van der Waals surface area contributed by atoms with E-state index in [0.29, 0.717) is 35.0 Å². The van der Waals surface area contributed by atoms with Crippen LogP contribution in [0.4, 0.5) is 14.6 Å². The van der Waals surface area contributed by atoms with Gasteiger partial charge in [-0.15, -0.1) is 11.3 Å². The number of amides is 2. The van der Waals surface area contributed by atoms with Crippen molar-refractivity contribution in [2.45, 2.75) is 26.7 Å². The number of hydrogen-bond donors (Lipinski definition) is 1. The van der Waals surface area contributed by atoms with Crippen molar-refractivity contribution in [2.75, 3.05) is 18.4 Å². The average molecular weight is 471 g/mol. The van der Waals surface area contributed by atoms with E-state index in [1.165, 1.54) is 29.7 Å². The molecule has 2 aromatic heterocycles. The Kier molecular flexibility index (Phi) is 6.51. The molecule has 3 heterocycles. The van der Waals surface area contributed by atoms with Crippen LogP contribution in [0.25, 0.3) is 11.1 Å². The van der Waals surface area contributed by atoms with Crippen LogP contribution in [0.1, 0.15) is 36.5 Å². The van der Waals surface area contributed by atoms with E-state index >= 15 is 0 Å². The van der Waals surface area contributed by atoms with Gasteiger partial charge in [-0.25, -0.2) is 18.7 Å². The van der Waals surface area contributed by atoms with E-state index in [-0.39, 0.29) is 17.7 Å². The van der Waals surface area contributed by atoms with Crippen LogP contribution >= 0.6 is 11.3 Å². The number of nitrogens with one attached hydrogen (secondary N) is 1. The van der Waals surface area contributed by atoms with E-state index < -0.39 is 17.0 Å². The summed E-state index contributed by atoms with van der Waals surface area (Å²) in [5.41, 5.74) is 0.253. The lowest BCUT2D eigenvalue weighted by atomic mass is 9.73. The molecule has 2 amide bonds. The first kappa shape index (κ1) is 23.0. The molecular weight excluding hydrogens is 446 g/mol. The van der Waals surface area contributed by atoms with Crippen molar-refractivity contribution in [1.82, 2.24) is 14.9 Å². The van der Waals surface area contributed by atoms with Gasteiger partial charge in [-0.2, -0.15) is 0 Å². The van der Waals surface area contributed by atoms with Crippen molar-refractivity contribution < 1.29 is 18.4 Å². The number of aromatic nitrogens is 2. The second-order valence-electron chi connectivity index (χ2n) is 8.67. The van der Waals surface area contributed by atoms with E-state index in [1.807, 2.05) is 13.8 Å². The lowest BCUT2D eigenvalue weighted by Crippen LogP contribution is -2.45. The SMILES string of the molecule is CC(C)(C(=O)Nc1ccc(-c2cc(F)cc(F)c2)cn1)C1CCN(C(=O)c2nccs2)CC1. The van der Waals surface area contributed by atoms with Crippen LogP contribution in [0.15, 0.2) is 48.1 Å². The Hall–Kier alpha value is -3.20. The van der Waals surface area contributed by atoms with Gasteiger partial charge in [-0.05, 0) is 48.6 Å². The maximum Gasteiger partial charge on any atom is 0.282 e. The molecule has 1 aromatic carbocycles. The molecule has 1 saturated heterocycles. The quantitative estimate of drug-likeness (QED) is 0.569. The molecule has 0 spiro atoms. The number of rotatable bonds is 5. The molecule has 1 aliphatic heterocycles. The highest BCUT2D eigenvalue weighted by Crippen LogP contribution is 2.36. The molecular formula is C24H24F2N4O2S. The molecule has 1 N–H and O–H groups in total. The van der Waals surface area contributed by atoms with Gasteiger partial charge in [0.2, 0.25) is 5.91 Å². The molecule has 1 fully saturated rings. The fourth-order valence-corrected chi connectivity index (χ4v) is 4.69. The average Bonchev–Trinajstić information content (AvgIpc) is 3.33. The number of thiazole rings is 1. The number of piperidine rings is 1. The molecule has 3 aromatic rings. The molecule has 0 radical (unpaired) electrons. The smallest absolute Gasteiger partial charge is 0.282 e. The third-order valence-corrected chi connectivity index (χ3v) is 6.97. The highest BCUT2D eigenvalue weighted by Gasteiger charge is 2.39. The zero-order valence-electron chi connectivity index (χ0n) is 18.3. The largest absolute Gasteiger partial charge is 0.337 e. The van der Waals surface area contributed by atoms with Gasteiger partial charge >= 0.3 is 0 Å². The number of pyridine rings is 1. The van der Waals surface area contributed by atoms with Crippen molar-refractivity contribution in [3.8, 4) is 11.1 Å². The Labute approximate surface area is 194 Å². The monoisotopic (exact) mass is 470 g/mol. The van der Waals surface area contributed by atoms with Gasteiger partial charge in [0.25, 0.3) is 5.91 Å². The molecule has 0 bridgehead atoms. The molecule has 0 atom stereocenters. The van der Waals surface area contributed by atoms with Gasteiger partial charge in [-0.1, -0.05) is 13.8 Å². The minimum absolute atomic E-state index is 0.0619. The minimum Gasteiger partial charge on any atom is -0.337 e. The van der Waals surface area contributed by atoms with Crippen LogP contribution < -0.4 is 5.32 Å². The molecule has 6 nitrogen and oxygen atoms in total. The maximum atomic E-state index is 13.5. The predicted molar refractivity (Wildman–Crippen MR) is 123 cm³/mol. The molecule has 9 heteroatoms. The van der Waals surface area contributed by atoms with Crippen molar-refractivity contribution in [2.24, 2.45) is 11.3 Å². The van der Waals surface area contributed by atoms with E-state index in [0.717, 1.165) is 18.9 Å². The Balaban J connectivity index is 1.37. The van der Waals surface area contributed by atoms with Gasteiger partial charge < -0.3 is 10.2 Å². The predicted octanol–water partition coefficient (Wildman–Crippen LogP) is 5.00. The number of halogens is 2. The third kappa shape index (κ3) is 5.08. The minimum atomic E-state index is -0.664. The van der Waals surface area contributed by atoms with E-state index in [9.17, 15) is 18.4 Å². The zero-order valence-corrected chi connectivity index (χ0v) is 19.2. The van der Waals surface area contributed by atoms with Crippen molar-refractivity contribution in [3.05, 3.63) is 64.7 Å². The van der Waals surface area contributed by atoms with Crippen molar-refractivity contribution in [3.63, 3.8) is 0 Å². The van der Waals surface area contributed by atoms with Crippen LogP contribution in [-0.2, 0) is 4.79 Å². The Morgan fingerprint density at radius 1 is 1.06 bits per heavy atom. The molecule has 33 heavy (non-hydrogen) atoms. The summed E-state index contributed by atoms with van der Waals surface area (Å²) in [5, 5.41) is 5.12. The lowest BCUT2D eigenvalue weighted by Gasteiger charge is -2.39. The fourth-order valence-electron chi connectivity index (χ4n) is 4.09. The third-order valence-electron chi connectivity index (χ3n) is 6.20. The van der Waals surface area contributed by atoms with Crippen LogP contribution in [0, 0.1) is 23.0 Å². The second-order valence-corrected chi connectivity index (χ2v) is 9.56. The number of carbonyl (C=O) groups is 2. The summed E-state index contributed by atoms with van der Waals surface area (Å²) >= 11 is 1.33. The van der Waals surface area contributed by atoms with Gasteiger partial charge in [-0.3, -0.25) is 9.59 Å². The standard InChI is InChI=1S/C24H24F2N4O2S/c1-24(2,17-5-8-30(9-6-17)22(31)21-27-7-10-33-21)23(32)29-20-4-3-15(14-28-20)16-11-18(25)13-19(26)12-16/h3-4,7,10-14,17H,5-6,8-9H2,1-2H3,(H,28,29,32). The number of carbonyl (C=O) groups excluding carboxylic acids is 2. The summed E-state index contributed by atoms with van der Waals surface area (Å²) in [4.78, 5) is 35.7. The summed E-state index contributed by atoms with van der Waals surface area (Å²) in [6.07, 6.45) is 4.53. The number of benzene rings is 1. The summed E-state index contributed by atoms with van der Waals surface area (Å²) in [6.45, 7) is 4.96. The van der Waals surface area contributed by atoms with Crippen LogP contribution in [0.5, 0.6) is 0 Å². The van der Waals surface area contributed by atoms with E-state index in [2.05, 4.69) is 15.3 Å². The normalized spacial score (nSPS) is 14.8.